The molecule has 0 radical (unpaired) electrons. The second-order valence-electron chi connectivity index (χ2n) is 7.26. The minimum atomic E-state index is 0. The molecule has 0 atom stereocenters. The average Bonchev–Trinajstić information content (AvgIpc) is 3.19. The van der Waals surface area contributed by atoms with Crippen molar-refractivity contribution >= 4 is 46.5 Å². The van der Waals surface area contributed by atoms with E-state index >= 15 is 0 Å². The number of H-pyrrole nitrogens is 1. The zero-order chi connectivity index (χ0) is 21.6. The summed E-state index contributed by atoms with van der Waals surface area (Å²) >= 11 is 12.3. The van der Waals surface area contributed by atoms with E-state index in [2.05, 4.69) is 34.7 Å². The van der Waals surface area contributed by atoms with E-state index < -0.39 is 0 Å². The highest BCUT2D eigenvalue weighted by atomic mass is 35.5. The summed E-state index contributed by atoms with van der Waals surface area (Å²) in [7, 11) is 1.64. The van der Waals surface area contributed by atoms with Crippen LogP contribution < -0.4 is 14.8 Å². The Balaban J connectivity index is 0.00000289. The molecule has 0 unspecified atom stereocenters. The smallest absolute Gasteiger partial charge is 0.166 e. The molecule has 1 aromatic heterocycles. The van der Waals surface area contributed by atoms with Crippen LogP contribution in [0.15, 0.2) is 66.9 Å². The Morgan fingerprint density at radius 1 is 0.938 bits per heavy atom. The molecule has 3 aromatic carbocycles. The van der Waals surface area contributed by atoms with Crippen LogP contribution in [0.3, 0.4) is 0 Å². The molecule has 168 valence electrons. The van der Waals surface area contributed by atoms with E-state index in [1.165, 1.54) is 16.5 Å². The number of para-hydroxylation sites is 2. The molecule has 0 amide bonds. The minimum Gasteiger partial charge on any atom is -0.493 e. The number of hydrogen-bond donors (Lipinski definition) is 2. The molecule has 0 bridgehead atoms. The third-order valence-electron chi connectivity index (χ3n) is 5.23. The van der Waals surface area contributed by atoms with Crippen molar-refractivity contribution < 1.29 is 9.47 Å². The predicted molar refractivity (Wildman–Crippen MR) is 135 cm³/mol. The summed E-state index contributed by atoms with van der Waals surface area (Å²) in [6, 6.07) is 19.7. The normalized spacial score (nSPS) is 10.7. The molecule has 0 aliphatic heterocycles. The molecule has 1 heterocycles. The first kappa shape index (κ1) is 24.3. The summed E-state index contributed by atoms with van der Waals surface area (Å²) < 4.78 is 11.7. The first-order valence-electron chi connectivity index (χ1n) is 10.1. The lowest BCUT2D eigenvalue weighted by atomic mass is 10.1. The Labute approximate surface area is 204 Å². The van der Waals surface area contributed by atoms with Crippen molar-refractivity contribution in [2.45, 2.75) is 19.6 Å². The van der Waals surface area contributed by atoms with E-state index in [4.69, 9.17) is 32.7 Å². The van der Waals surface area contributed by atoms with Gasteiger partial charge >= 0.3 is 0 Å². The molecule has 0 saturated heterocycles. The maximum absolute atomic E-state index is 6.29. The number of hydrogen-bond acceptors (Lipinski definition) is 3. The van der Waals surface area contributed by atoms with Crippen molar-refractivity contribution in [3.8, 4) is 11.5 Å². The Kier molecular flexibility index (Phi) is 8.71. The fourth-order valence-corrected chi connectivity index (χ4v) is 4.06. The molecule has 0 aliphatic carbocycles. The summed E-state index contributed by atoms with van der Waals surface area (Å²) in [6.45, 7) is 1.85. The van der Waals surface area contributed by atoms with Crippen LogP contribution in [0.2, 0.25) is 10.0 Å². The SMILES string of the molecule is COc1cccc(CNCCc2c[nH]c3ccccc23)c1OCc1ccc(Cl)cc1Cl.Cl. The van der Waals surface area contributed by atoms with E-state index in [9.17, 15) is 0 Å². The standard InChI is InChI=1S/C25H24Cl2N2O2.ClH/c1-30-24-8-4-5-18(25(24)31-16-19-9-10-20(26)13-22(19)27)14-28-12-11-17-15-29-23-7-3-2-6-21(17)23;/h2-10,13,15,28-29H,11-12,14,16H2,1H3;1H. The number of ether oxygens (including phenoxy) is 2. The van der Waals surface area contributed by atoms with Gasteiger partial charge in [-0.3, -0.25) is 0 Å². The van der Waals surface area contributed by atoms with Gasteiger partial charge in [-0.05, 0) is 42.8 Å². The van der Waals surface area contributed by atoms with Gasteiger partial charge in [0.1, 0.15) is 6.61 Å². The van der Waals surface area contributed by atoms with E-state index in [1.807, 2.05) is 36.4 Å². The first-order valence-corrected chi connectivity index (χ1v) is 10.9. The molecule has 0 spiro atoms. The van der Waals surface area contributed by atoms with Gasteiger partial charge in [0.05, 0.1) is 7.11 Å². The molecule has 4 rings (SSSR count). The molecule has 4 nitrogen and oxygen atoms in total. The van der Waals surface area contributed by atoms with Crippen LogP contribution in [0, 0.1) is 0 Å². The van der Waals surface area contributed by atoms with Crippen LogP contribution >= 0.6 is 35.6 Å². The van der Waals surface area contributed by atoms with Crippen LogP contribution in [0.5, 0.6) is 11.5 Å². The third kappa shape index (κ3) is 5.70. The van der Waals surface area contributed by atoms with Gasteiger partial charge < -0.3 is 19.8 Å². The van der Waals surface area contributed by atoms with Crippen molar-refractivity contribution in [2.75, 3.05) is 13.7 Å². The average molecular weight is 492 g/mol. The van der Waals surface area contributed by atoms with Gasteiger partial charge in [0, 0.05) is 44.8 Å². The molecule has 0 fully saturated rings. The highest BCUT2D eigenvalue weighted by molar-refractivity contribution is 6.35. The van der Waals surface area contributed by atoms with Crippen molar-refractivity contribution in [1.29, 1.82) is 0 Å². The fourth-order valence-electron chi connectivity index (χ4n) is 3.60. The second-order valence-corrected chi connectivity index (χ2v) is 8.10. The topological polar surface area (TPSA) is 46.3 Å². The van der Waals surface area contributed by atoms with E-state index in [0.717, 1.165) is 29.8 Å². The number of rotatable bonds is 9. The Morgan fingerprint density at radius 2 is 1.78 bits per heavy atom. The van der Waals surface area contributed by atoms with Crippen molar-refractivity contribution in [3.63, 3.8) is 0 Å². The minimum absolute atomic E-state index is 0. The zero-order valence-electron chi connectivity index (χ0n) is 17.7. The Bertz CT molecular complexity index is 1180. The highest BCUT2D eigenvalue weighted by Crippen LogP contribution is 2.33. The summed E-state index contributed by atoms with van der Waals surface area (Å²) in [4.78, 5) is 3.33. The van der Waals surface area contributed by atoms with Crippen molar-refractivity contribution in [2.24, 2.45) is 0 Å². The zero-order valence-corrected chi connectivity index (χ0v) is 20.0. The van der Waals surface area contributed by atoms with Gasteiger partial charge in [-0.1, -0.05) is 59.6 Å². The summed E-state index contributed by atoms with van der Waals surface area (Å²) in [5.41, 5.74) is 4.38. The quantitative estimate of drug-likeness (QED) is 0.253. The van der Waals surface area contributed by atoms with Crippen molar-refractivity contribution in [1.82, 2.24) is 10.3 Å². The number of halogens is 3. The van der Waals surface area contributed by atoms with E-state index in [-0.39, 0.29) is 12.4 Å². The van der Waals surface area contributed by atoms with E-state index in [1.54, 1.807) is 13.2 Å². The van der Waals surface area contributed by atoms with Crippen LogP contribution in [0.25, 0.3) is 10.9 Å². The largest absolute Gasteiger partial charge is 0.493 e. The maximum Gasteiger partial charge on any atom is 0.166 e. The van der Waals surface area contributed by atoms with Crippen molar-refractivity contribution in [3.05, 3.63) is 93.6 Å². The number of aromatic amines is 1. The number of benzene rings is 3. The number of aromatic nitrogens is 1. The third-order valence-corrected chi connectivity index (χ3v) is 5.82. The molecular weight excluding hydrogens is 467 g/mol. The van der Waals surface area contributed by atoms with Crippen LogP contribution in [0.4, 0.5) is 0 Å². The summed E-state index contributed by atoms with van der Waals surface area (Å²) in [5.74, 6) is 1.41. The fraction of sp³-hybridized carbons (Fsp3) is 0.200. The van der Waals surface area contributed by atoms with Gasteiger partial charge in [0.25, 0.3) is 0 Å². The molecule has 7 heteroatoms. The van der Waals surface area contributed by atoms with Gasteiger partial charge in [-0.2, -0.15) is 0 Å². The maximum atomic E-state index is 6.29. The molecule has 0 saturated carbocycles. The van der Waals surface area contributed by atoms with Gasteiger partial charge in [-0.25, -0.2) is 0 Å². The van der Waals surface area contributed by atoms with Gasteiger partial charge in [-0.15, -0.1) is 12.4 Å². The van der Waals surface area contributed by atoms with Gasteiger partial charge in [0.15, 0.2) is 11.5 Å². The van der Waals surface area contributed by atoms with Gasteiger partial charge in [0.2, 0.25) is 0 Å². The molecule has 0 aliphatic rings. The van der Waals surface area contributed by atoms with Crippen LogP contribution in [-0.4, -0.2) is 18.6 Å². The lowest BCUT2D eigenvalue weighted by Crippen LogP contribution is -2.17. The second kappa shape index (κ2) is 11.5. The number of nitrogens with one attached hydrogen (secondary N) is 2. The lowest BCUT2D eigenvalue weighted by Gasteiger charge is -2.16. The van der Waals surface area contributed by atoms with Crippen LogP contribution in [0.1, 0.15) is 16.7 Å². The number of fused-ring (bicyclic) bond motifs is 1. The predicted octanol–water partition coefficient (Wildman–Crippen LogP) is 6.82. The monoisotopic (exact) mass is 490 g/mol. The Hall–Kier alpha value is -2.37. The van der Waals surface area contributed by atoms with Crippen LogP contribution in [-0.2, 0) is 19.6 Å². The molecular formula is C25H25Cl3N2O2. The summed E-state index contributed by atoms with van der Waals surface area (Å²) in [6.07, 6.45) is 3.02. The molecule has 32 heavy (non-hydrogen) atoms. The number of methoxy groups -OCH3 is 1. The first-order chi connectivity index (χ1) is 15.2. The molecule has 4 aromatic rings. The van der Waals surface area contributed by atoms with E-state index in [0.29, 0.717) is 28.9 Å². The summed E-state index contributed by atoms with van der Waals surface area (Å²) in [5, 5.41) is 5.98. The Morgan fingerprint density at radius 3 is 2.59 bits per heavy atom. The molecule has 2 N–H and O–H groups in total. The highest BCUT2D eigenvalue weighted by Gasteiger charge is 2.12. The lowest BCUT2D eigenvalue weighted by molar-refractivity contribution is 0.281.